The van der Waals surface area contributed by atoms with Gasteiger partial charge in [0.25, 0.3) is 0 Å². The number of nitrogens with zero attached hydrogens (tertiary/aromatic N) is 1. The summed E-state index contributed by atoms with van der Waals surface area (Å²) in [5.74, 6) is 0.241. The topological polar surface area (TPSA) is 49.4 Å². The Morgan fingerprint density at radius 1 is 1.45 bits per heavy atom. The molecule has 0 radical (unpaired) electrons. The predicted molar refractivity (Wildman–Crippen MR) is 91.2 cm³/mol. The SMILES string of the molecule is CC(C)CN(C(=S)Nc1ccccc1F)[C@@H]1CCS(=O)(=O)C1. The Kier molecular flexibility index (Phi) is 5.39. The summed E-state index contributed by atoms with van der Waals surface area (Å²) in [5.41, 5.74) is 0.308. The molecule has 0 saturated carbocycles. The smallest absolute Gasteiger partial charge is 0.173 e. The number of hydrogen-bond acceptors (Lipinski definition) is 3. The highest BCUT2D eigenvalue weighted by molar-refractivity contribution is 7.91. The van der Waals surface area contributed by atoms with Gasteiger partial charge in [0.1, 0.15) is 5.82 Å². The molecule has 0 unspecified atom stereocenters. The fourth-order valence-corrected chi connectivity index (χ4v) is 4.63. The molecule has 1 aromatic rings. The van der Waals surface area contributed by atoms with Crippen molar-refractivity contribution < 1.29 is 12.8 Å². The van der Waals surface area contributed by atoms with Crippen LogP contribution in [0.2, 0.25) is 0 Å². The standard InChI is InChI=1S/C15H21FN2O2S2/c1-11(2)9-18(12-7-8-22(19,20)10-12)15(21)17-14-6-4-3-5-13(14)16/h3-6,11-12H,7-10H2,1-2H3,(H,17,21)/t12-/m1/s1. The van der Waals surface area contributed by atoms with Crippen molar-refractivity contribution >= 4 is 32.9 Å². The lowest BCUT2D eigenvalue weighted by atomic mass is 10.1. The number of benzene rings is 1. The Labute approximate surface area is 136 Å². The van der Waals surface area contributed by atoms with Crippen molar-refractivity contribution in [1.82, 2.24) is 4.90 Å². The van der Waals surface area contributed by atoms with Gasteiger partial charge in [-0.2, -0.15) is 0 Å². The summed E-state index contributed by atoms with van der Waals surface area (Å²) in [6.45, 7) is 4.73. The number of sulfone groups is 1. The summed E-state index contributed by atoms with van der Waals surface area (Å²) in [4.78, 5) is 1.89. The van der Waals surface area contributed by atoms with Crippen LogP contribution in [0.25, 0.3) is 0 Å². The molecule has 0 aromatic heterocycles. The molecule has 1 N–H and O–H groups in total. The molecule has 1 aliphatic rings. The van der Waals surface area contributed by atoms with Crippen molar-refractivity contribution in [3.63, 3.8) is 0 Å². The molecule has 2 rings (SSSR count). The molecule has 0 spiro atoms. The summed E-state index contributed by atoms with van der Waals surface area (Å²) in [7, 11) is -2.99. The molecule has 1 fully saturated rings. The molecule has 1 saturated heterocycles. The van der Waals surface area contributed by atoms with Gasteiger partial charge in [0.15, 0.2) is 14.9 Å². The molecule has 0 amide bonds. The number of rotatable bonds is 4. The van der Waals surface area contributed by atoms with Crippen LogP contribution < -0.4 is 5.32 Å². The number of halogens is 1. The first-order valence-corrected chi connectivity index (χ1v) is 9.54. The minimum atomic E-state index is -2.99. The molecule has 1 aliphatic heterocycles. The largest absolute Gasteiger partial charge is 0.345 e. The molecule has 22 heavy (non-hydrogen) atoms. The van der Waals surface area contributed by atoms with E-state index in [1.807, 2.05) is 18.7 Å². The zero-order chi connectivity index (χ0) is 16.3. The number of anilines is 1. The molecule has 1 heterocycles. The van der Waals surface area contributed by atoms with Gasteiger partial charge in [-0.15, -0.1) is 0 Å². The van der Waals surface area contributed by atoms with E-state index in [1.165, 1.54) is 6.07 Å². The van der Waals surface area contributed by atoms with E-state index in [1.54, 1.807) is 18.2 Å². The van der Waals surface area contributed by atoms with E-state index in [-0.39, 0.29) is 23.4 Å². The maximum atomic E-state index is 13.7. The van der Waals surface area contributed by atoms with Crippen molar-refractivity contribution in [2.45, 2.75) is 26.3 Å². The van der Waals surface area contributed by atoms with Gasteiger partial charge in [0.2, 0.25) is 0 Å². The molecule has 0 bridgehead atoms. The third-order valence-corrected chi connectivity index (χ3v) is 5.67. The van der Waals surface area contributed by atoms with E-state index in [9.17, 15) is 12.8 Å². The van der Waals surface area contributed by atoms with Gasteiger partial charge in [-0.05, 0) is 36.7 Å². The average molecular weight is 344 g/mol. The minimum Gasteiger partial charge on any atom is -0.345 e. The van der Waals surface area contributed by atoms with Crippen LogP contribution in [0.3, 0.4) is 0 Å². The molecule has 0 aliphatic carbocycles. The zero-order valence-corrected chi connectivity index (χ0v) is 14.4. The van der Waals surface area contributed by atoms with Gasteiger partial charge in [-0.25, -0.2) is 12.8 Å². The zero-order valence-electron chi connectivity index (χ0n) is 12.8. The number of hydrogen-bond donors (Lipinski definition) is 1. The summed E-state index contributed by atoms with van der Waals surface area (Å²) < 4.78 is 37.2. The second-order valence-electron chi connectivity index (χ2n) is 6.01. The maximum Gasteiger partial charge on any atom is 0.173 e. The van der Waals surface area contributed by atoms with E-state index >= 15 is 0 Å². The highest BCUT2D eigenvalue weighted by Gasteiger charge is 2.33. The lowest BCUT2D eigenvalue weighted by Gasteiger charge is -2.32. The van der Waals surface area contributed by atoms with Gasteiger partial charge in [-0.1, -0.05) is 26.0 Å². The highest BCUT2D eigenvalue weighted by atomic mass is 32.2. The highest BCUT2D eigenvalue weighted by Crippen LogP contribution is 2.21. The van der Waals surface area contributed by atoms with Crippen molar-refractivity contribution in [3.8, 4) is 0 Å². The first kappa shape index (κ1) is 17.1. The summed E-state index contributed by atoms with van der Waals surface area (Å²) in [5, 5.41) is 3.28. The van der Waals surface area contributed by atoms with Crippen molar-refractivity contribution in [1.29, 1.82) is 0 Å². The van der Waals surface area contributed by atoms with Gasteiger partial charge >= 0.3 is 0 Å². The Balaban J connectivity index is 2.15. The summed E-state index contributed by atoms with van der Waals surface area (Å²) >= 11 is 5.40. The summed E-state index contributed by atoms with van der Waals surface area (Å²) in [6.07, 6.45) is 0.564. The monoisotopic (exact) mass is 344 g/mol. The molecule has 1 atom stereocenters. The summed E-state index contributed by atoms with van der Waals surface area (Å²) in [6, 6.07) is 6.16. The van der Waals surface area contributed by atoms with Crippen molar-refractivity contribution in [2.24, 2.45) is 5.92 Å². The molecule has 7 heteroatoms. The quantitative estimate of drug-likeness (QED) is 0.851. The first-order valence-electron chi connectivity index (χ1n) is 7.31. The van der Waals surface area contributed by atoms with Gasteiger partial charge < -0.3 is 10.2 Å². The average Bonchev–Trinajstić information content (AvgIpc) is 2.78. The van der Waals surface area contributed by atoms with Crippen molar-refractivity contribution in [3.05, 3.63) is 30.1 Å². The van der Waals surface area contributed by atoms with Crippen LogP contribution in [0, 0.1) is 11.7 Å². The number of nitrogens with one attached hydrogen (secondary N) is 1. The van der Waals surface area contributed by atoms with E-state index in [0.29, 0.717) is 29.7 Å². The normalized spacial score (nSPS) is 20.1. The third-order valence-electron chi connectivity index (χ3n) is 3.59. The Hall–Kier alpha value is -1.21. The lowest BCUT2D eigenvalue weighted by molar-refractivity contribution is 0.303. The molecule has 122 valence electrons. The second kappa shape index (κ2) is 6.91. The molecule has 4 nitrogen and oxygen atoms in total. The molecular formula is C15H21FN2O2S2. The Morgan fingerprint density at radius 2 is 2.14 bits per heavy atom. The fourth-order valence-electron chi connectivity index (χ4n) is 2.56. The second-order valence-corrected chi connectivity index (χ2v) is 8.63. The minimum absolute atomic E-state index is 0.110. The van der Waals surface area contributed by atoms with Crippen LogP contribution in [0.15, 0.2) is 24.3 Å². The van der Waals surface area contributed by atoms with Crippen LogP contribution in [0.5, 0.6) is 0 Å². The Bertz CT molecular complexity index is 647. The van der Waals surface area contributed by atoms with Crippen molar-refractivity contribution in [2.75, 3.05) is 23.4 Å². The third kappa shape index (κ3) is 4.39. The molecular weight excluding hydrogens is 323 g/mol. The number of para-hydroxylation sites is 1. The van der Waals surface area contributed by atoms with Crippen LogP contribution in [-0.4, -0.2) is 42.5 Å². The van der Waals surface area contributed by atoms with Gasteiger partial charge in [0, 0.05) is 12.6 Å². The van der Waals surface area contributed by atoms with Crippen LogP contribution >= 0.6 is 12.2 Å². The number of thiocarbonyl (C=S) groups is 1. The fraction of sp³-hybridized carbons (Fsp3) is 0.533. The van der Waals surface area contributed by atoms with E-state index in [4.69, 9.17) is 12.2 Å². The van der Waals surface area contributed by atoms with E-state index < -0.39 is 9.84 Å². The van der Waals surface area contributed by atoms with Gasteiger partial charge in [0.05, 0.1) is 17.2 Å². The van der Waals surface area contributed by atoms with E-state index in [0.717, 1.165) is 0 Å². The Morgan fingerprint density at radius 3 is 2.68 bits per heavy atom. The lowest BCUT2D eigenvalue weighted by Crippen LogP contribution is -2.45. The van der Waals surface area contributed by atoms with Crippen LogP contribution in [0.4, 0.5) is 10.1 Å². The van der Waals surface area contributed by atoms with Gasteiger partial charge in [-0.3, -0.25) is 0 Å². The first-order chi connectivity index (χ1) is 10.3. The van der Waals surface area contributed by atoms with E-state index in [2.05, 4.69) is 5.32 Å². The van der Waals surface area contributed by atoms with Crippen LogP contribution in [-0.2, 0) is 9.84 Å². The predicted octanol–water partition coefficient (Wildman–Crippen LogP) is 2.67. The molecule has 1 aromatic carbocycles. The maximum absolute atomic E-state index is 13.7. The van der Waals surface area contributed by atoms with Crippen LogP contribution in [0.1, 0.15) is 20.3 Å².